The second-order valence-electron chi connectivity index (χ2n) is 6.22. The Hall–Kier alpha value is -2.12. The smallest absolute Gasteiger partial charge is 0.256 e. The molecular weight excluding hydrogens is 308 g/mol. The van der Waals surface area contributed by atoms with Gasteiger partial charge in [-0.25, -0.2) is 4.98 Å². The van der Waals surface area contributed by atoms with E-state index >= 15 is 0 Å². The van der Waals surface area contributed by atoms with Crippen molar-refractivity contribution in [2.75, 3.05) is 57.5 Å². The lowest BCUT2D eigenvalue weighted by Gasteiger charge is -2.29. The maximum absolute atomic E-state index is 12.9. The van der Waals surface area contributed by atoms with Crippen molar-refractivity contribution in [2.24, 2.45) is 0 Å². The zero-order valence-corrected chi connectivity index (χ0v) is 13.9. The average Bonchev–Trinajstić information content (AvgIpc) is 3.04. The molecule has 0 atom stereocenters. The van der Waals surface area contributed by atoms with E-state index in [-0.39, 0.29) is 5.91 Å². The molecular formula is C17H22N4O3. The van der Waals surface area contributed by atoms with E-state index in [2.05, 4.69) is 14.9 Å². The number of aromatic nitrogens is 2. The van der Waals surface area contributed by atoms with Gasteiger partial charge >= 0.3 is 0 Å². The first-order valence-electron chi connectivity index (χ1n) is 8.42. The summed E-state index contributed by atoms with van der Waals surface area (Å²) in [5.41, 5.74) is 2.68. The molecule has 7 heteroatoms. The van der Waals surface area contributed by atoms with Crippen molar-refractivity contribution < 1.29 is 14.3 Å². The van der Waals surface area contributed by atoms with Crippen LogP contribution in [0.4, 0.5) is 5.82 Å². The van der Waals surface area contributed by atoms with Crippen LogP contribution in [-0.4, -0.2) is 73.4 Å². The number of amides is 1. The number of morpholine rings is 2. The Morgan fingerprint density at radius 3 is 2.50 bits per heavy atom. The fourth-order valence-electron chi connectivity index (χ4n) is 3.41. The molecule has 0 bridgehead atoms. The molecule has 128 valence electrons. The van der Waals surface area contributed by atoms with E-state index in [9.17, 15) is 4.79 Å². The summed E-state index contributed by atoms with van der Waals surface area (Å²) >= 11 is 0. The molecule has 0 radical (unpaired) electrons. The second kappa shape index (κ2) is 6.41. The summed E-state index contributed by atoms with van der Waals surface area (Å²) in [4.78, 5) is 24.9. The van der Waals surface area contributed by atoms with Crippen LogP contribution in [0.2, 0.25) is 0 Å². The summed E-state index contributed by atoms with van der Waals surface area (Å²) in [6.07, 6.45) is 3.68. The third-order valence-electron chi connectivity index (χ3n) is 4.73. The van der Waals surface area contributed by atoms with Gasteiger partial charge in [-0.05, 0) is 12.5 Å². The van der Waals surface area contributed by atoms with Crippen LogP contribution < -0.4 is 4.90 Å². The fraction of sp³-hybridized carbons (Fsp3) is 0.529. The van der Waals surface area contributed by atoms with Gasteiger partial charge in [-0.2, -0.15) is 0 Å². The maximum atomic E-state index is 12.9. The topological polar surface area (TPSA) is 70.7 Å². The van der Waals surface area contributed by atoms with E-state index in [0.717, 1.165) is 35.4 Å². The second-order valence-corrected chi connectivity index (χ2v) is 6.22. The van der Waals surface area contributed by atoms with Crippen LogP contribution in [0.5, 0.6) is 0 Å². The van der Waals surface area contributed by atoms with Gasteiger partial charge in [0.05, 0.1) is 37.5 Å². The van der Waals surface area contributed by atoms with Gasteiger partial charge in [-0.1, -0.05) is 0 Å². The normalized spacial score (nSPS) is 19.0. The molecule has 0 aliphatic carbocycles. The summed E-state index contributed by atoms with van der Waals surface area (Å²) in [6.45, 7) is 7.53. The number of rotatable bonds is 2. The van der Waals surface area contributed by atoms with Gasteiger partial charge < -0.3 is 24.3 Å². The third kappa shape index (κ3) is 2.63. The summed E-state index contributed by atoms with van der Waals surface area (Å²) < 4.78 is 10.8. The van der Waals surface area contributed by atoms with Crippen LogP contribution in [0.1, 0.15) is 15.9 Å². The van der Waals surface area contributed by atoms with Gasteiger partial charge in [0, 0.05) is 44.0 Å². The van der Waals surface area contributed by atoms with E-state index in [1.165, 1.54) is 0 Å². The number of ether oxygens (including phenoxy) is 2. The lowest BCUT2D eigenvalue weighted by Crippen LogP contribution is -2.41. The number of hydrogen-bond acceptors (Lipinski definition) is 5. The number of aryl methyl sites for hydroxylation is 1. The monoisotopic (exact) mass is 330 g/mol. The molecule has 7 nitrogen and oxygen atoms in total. The van der Waals surface area contributed by atoms with Crippen molar-refractivity contribution in [3.8, 4) is 0 Å². The minimum absolute atomic E-state index is 0.0343. The summed E-state index contributed by atoms with van der Waals surface area (Å²) in [7, 11) is 0. The van der Waals surface area contributed by atoms with Crippen molar-refractivity contribution in [1.82, 2.24) is 14.9 Å². The van der Waals surface area contributed by atoms with Crippen LogP contribution in [0, 0.1) is 6.92 Å². The number of hydrogen-bond donors (Lipinski definition) is 1. The van der Waals surface area contributed by atoms with Crippen molar-refractivity contribution >= 4 is 22.6 Å². The van der Waals surface area contributed by atoms with Gasteiger partial charge in [0.1, 0.15) is 0 Å². The van der Waals surface area contributed by atoms with Gasteiger partial charge in [0.2, 0.25) is 0 Å². The zero-order valence-electron chi connectivity index (χ0n) is 13.9. The fourth-order valence-corrected chi connectivity index (χ4v) is 3.41. The number of pyridine rings is 1. The Morgan fingerprint density at radius 1 is 1.12 bits per heavy atom. The van der Waals surface area contributed by atoms with Crippen molar-refractivity contribution in [3.63, 3.8) is 0 Å². The Balaban J connectivity index is 1.74. The number of H-pyrrole nitrogens is 1. The molecule has 1 N–H and O–H groups in total. The average molecular weight is 330 g/mol. The molecule has 4 rings (SSSR count). The number of fused-ring (bicyclic) bond motifs is 1. The van der Waals surface area contributed by atoms with Crippen LogP contribution in [0.3, 0.4) is 0 Å². The molecule has 2 fully saturated rings. The van der Waals surface area contributed by atoms with Crippen molar-refractivity contribution in [3.05, 3.63) is 23.5 Å². The largest absolute Gasteiger partial charge is 0.378 e. The molecule has 2 aliphatic rings. The molecule has 0 aromatic carbocycles. The zero-order chi connectivity index (χ0) is 16.5. The van der Waals surface area contributed by atoms with Crippen molar-refractivity contribution in [1.29, 1.82) is 0 Å². The highest BCUT2D eigenvalue weighted by molar-refractivity contribution is 6.09. The van der Waals surface area contributed by atoms with E-state index in [4.69, 9.17) is 9.47 Å². The Morgan fingerprint density at radius 2 is 1.79 bits per heavy atom. The Bertz CT molecular complexity index is 746. The summed E-state index contributed by atoms with van der Waals surface area (Å²) in [5, 5.41) is 0.975. The lowest BCUT2D eigenvalue weighted by molar-refractivity contribution is 0.0304. The maximum Gasteiger partial charge on any atom is 0.256 e. The molecule has 2 saturated heterocycles. The highest BCUT2D eigenvalue weighted by Gasteiger charge is 2.25. The molecule has 2 aromatic heterocycles. The minimum atomic E-state index is 0.0343. The molecule has 0 saturated carbocycles. The number of carbonyl (C=O) groups excluding carboxylic acids is 1. The molecule has 2 aromatic rings. The van der Waals surface area contributed by atoms with E-state index in [1.54, 1.807) is 6.20 Å². The number of nitrogens with one attached hydrogen (secondary N) is 1. The quantitative estimate of drug-likeness (QED) is 0.895. The first kappa shape index (κ1) is 15.4. The predicted molar refractivity (Wildman–Crippen MR) is 90.6 cm³/mol. The van der Waals surface area contributed by atoms with E-state index < -0.39 is 0 Å². The minimum Gasteiger partial charge on any atom is -0.378 e. The Kier molecular flexibility index (Phi) is 4.12. The number of anilines is 1. The van der Waals surface area contributed by atoms with Gasteiger partial charge in [0.15, 0.2) is 5.82 Å². The molecule has 0 spiro atoms. The summed E-state index contributed by atoms with van der Waals surface area (Å²) in [6, 6.07) is 0. The van der Waals surface area contributed by atoms with E-state index in [0.29, 0.717) is 45.1 Å². The van der Waals surface area contributed by atoms with Gasteiger partial charge in [-0.15, -0.1) is 0 Å². The van der Waals surface area contributed by atoms with Gasteiger partial charge in [0.25, 0.3) is 5.91 Å². The Labute approximate surface area is 140 Å². The first-order valence-corrected chi connectivity index (χ1v) is 8.42. The number of nitrogens with zero attached hydrogens (tertiary/aromatic N) is 3. The first-order chi connectivity index (χ1) is 11.8. The highest BCUT2D eigenvalue weighted by atomic mass is 16.5. The van der Waals surface area contributed by atoms with Crippen LogP contribution in [0.15, 0.2) is 12.4 Å². The molecule has 1 amide bonds. The predicted octanol–water partition coefficient (Wildman–Crippen LogP) is 1.18. The highest BCUT2D eigenvalue weighted by Crippen LogP contribution is 2.30. The number of carbonyl (C=O) groups is 1. The molecule has 0 unspecified atom stereocenters. The molecule has 2 aliphatic heterocycles. The van der Waals surface area contributed by atoms with Crippen molar-refractivity contribution in [2.45, 2.75) is 6.92 Å². The molecule has 4 heterocycles. The van der Waals surface area contributed by atoms with Crippen LogP contribution >= 0.6 is 0 Å². The van der Waals surface area contributed by atoms with E-state index in [1.807, 2.05) is 18.0 Å². The van der Waals surface area contributed by atoms with Gasteiger partial charge in [-0.3, -0.25) is 4.79 Å². The SMILES string of the molecule is Cc1c[nH]c2c(N3CCOCC3)ncc(C(=O)N3CCOCC3)c12. The van der Waals surface area contributed by atoms with Crippen LogP contribution in [0.25, 0.3) is 10.9 Å². The molecule has 24 heavy (non-hydrogen) atoms. The number of aromatic amines is 1. The van der Waals surface area contributed by atoms with Crippen LogP contribution in [-0.2, 0) is 9.47 Å². The third-order valence-corrected chi connectivity index (χ3v) is 4.73. The standard InChI is InChI=1S/C17H22N4O3/c1-12-10-18-15-14(12)13(17(22)21-4-8-24-9-5-21)11-19-16(15)20-2-6-23-7-3-20/h10-11,18H,2-9H2,1H3. The lowest BCUT2D eigenvalue weighted by atomic mass is 10.1. The summed E-state index contributed by atoms with van der Waals surface area (Å²) in [5.74, 6) is 0.937.